The van der Waals surface area contributed by atoms with Crippen LogP contribution in [-0.2, 0) is 10.0 Å². The lowest BCUT2D eigenvalue weighted by Crippen LogP contribution is -2.20. The van der Waals surface area contributed by atoms with Crippen molar-refractivity contribution < 1.29 is 13.2 Å². The summed E-state index contributed by atoms with van der Waals surface area (Å²) in [7, 11) is -2.37. The molecule has 26 heavy (non-hydrogen) atoms. The summed E-state index contributed by atoms with van der Waals surface area (Å²) in [6.45, 7) is 0. The Bertz CT molecular complexity index is 1030. The summed E-state index contributed by atoms with van der Waals surface area (Å²) in [5.74, 6) is -0.495. The summed E-state index contributed by atoms with van der Waals surface area (Å²) >= 11 is 7.58. The third-order valence-corrected chi connectivity index (χ3v) is 6.15. The van der Waals surface area contributed by atoms with E-state index < -0.39 is 15.9 Å². The maximum Gasteiger partial charge on any atom is 0.257 e. The van der Waals surface area contributed by atoms with Crippen molar-refractivity contribution in [1.29, 1.82) is 0 Å². The number of carbonyl (C=O) groups excluding carboxylic acids is 1. The van der Waals surface area contributed by atoms with Gasteiger partial charge in [0, 0.05) is 22.8 Å². The van der Waals surface area contributed by atoms with E-state index in [1.54, 1.807) is 18.3 Å². The maximum atomic E-state index is 12.5. The van der Waals surface area contributed by atoms with Crippen LogP contribution in [0.5, 0.6) is 0 Å². The van der Waals surface area contributed by atoms with Crippen molar-refractivity contribution >= 4 is 44.6 Å². The van der Waals surface area contributed by atoms with Crippen LogP contribution in [0.4, 0.5) is 5.69 Å². The smallest absolute Gasteiger partial charge is 0.257 e. The minimum Gasteiger partial charge on any atom is -0.322 e. The average Bonchev–Trinajstić information content (AvgIpc) is 3.17. The van der Waals surface area contributed by atoms with Gasteiger partial charge in [0.2, 0.25) is 10.0 Å². The third kappa shape index (κ3) is 3.94. The van der Waals surface area contributed by atoms with Gasteiger partial charge in [0.15, 0.2) is 0 Å². The van der Waals surface area contributed by atoms with Crippen LogP contribution in [0.2, 0.25) is 5.02 Å². The van der Waals surface area contributed by atoms with Crippen molar-refractivity contribution in [3.8, 4) is 10.6 Å². The van der Waals surface area contributed by atoms with Crippen LogP contribution in [0, 0.1) is 0 Å². The normalized spacial score (nSPS) is 11.3. The molecule has 0 saturated heterocycles. The molecule has 0 fully saturated rings. The predicted octanol–water partition coefficient (Wildman–Crippen LogP) is 3.62. The Morgan fingerprint density at radius 2 is 1.88 bits per heavy atom. The molecule has 3 rings (SSSR count). The second-order valence-electron chi connectivity index (χ2n) is 5.22. The van der Waals surface area contributed by atoms with Crippen molar-refractivity contribution in [2.75, 3.05) is 12.4 Å². The maximum absolute atomic E-state index is 12.5. The first kappa shape index (κ1) is 18.5. The molecule has 1 heterocycles. The van der Waals surface area contributed by atoms with E-state index in [9.17, 15) is 13.2 Å². The first-order chi connectivity index (χ1) is 12.4. The lowest BCUT2D eigenvalue weighted by atomic mass is 10.2. The molecule has 0 radical (unpaired) electrons. The fourth-order valence-electron chi connectivity index (χ4n) is 2.22. The Labute approximate surface area is 159 Å². The van der Waals surface area contributed by atoms with Gasteiger partial charge in [-0.15, -0.1) is 11.3 Å². The molecule has 1 aromatic heterocycles. The van der Waals surface area contributed by atoms with Gasteiger partial charge < -0.3 is 5.32 Å². The SMILES string of the molecule is CNS(=O)(=O)c1ccc(Cl)c(C(=O)Nc2ccc(-c3nccs3)cc2)c1. The number of halogens is 1. The molecule has 3 aromatic rings. The van der Waals surface area contributed by atoms with Crippen molar-refractivity contribution in [2.45, 2.75) is 4.90 Å². The lowest BCUT2D eigenvalue weighted by molar-refractivity contribution is 0.102. The molecule has 2 aromatic carbocycles. The number of aromatic nitrogens is 1. The minimum atomic E-state index is -3.67. The Hall–Kier alpha value is -2.26. The molecule has 2 N–H and O–H groups in total. The van der Waals surface area contributed by atoms with Crippen molar-refractivity contribution in [3.63, 3.8) is 0 Å². The van der Waals surface area contributed by atoms with Gasteiger partial charge in [-0.3, -0.25) is 4.79 Å². The molecule has 0 bridgehead atoms. The van der Waals surface area contributed by atoms with Gasteiger partial charge >= 0.3 is 0 Å². The topological polar surface area (TPSA) is 88.2 Å². The summed E-state index contributed by atoms with van der Waals surface area (Å²) in [6, 6.07) is 11.1. The van der Waals surface area contributed by atoms with Gasteiger partial charge in [0.05, 0.1) is 15.5 Å². The van der Waals surface area contributed by atoms with Crippen LogP contribution < -0.4 is 10.0 Å². The highest BCUT2D eigenvalue weighted by Crippen LogP contribution is 2.25. The third-order valence-electron chi connectivity index (χ3n) is 3.58. The fraction of sp³-hybridized carbons (Fsp3) is 0.0588. The summed E-state index contributed by atoms with van der Waals surface area (Å²) in [5.41, 5.74) is 1.58. The summed E-state index contributed by atoms with van der Waals surface area (Å²) < 4.78 is 26.0. The number of benzene rings is 2. The Kier molecular flexibility index (Phi) is 5.38. The molecule has 6 nitrogen and oxygen atoms in total. The zero-order valence-electron chi connectivity index (χ0n) is 13.6. The highest BCUT2D eigenvalue weighted by Gasteiger charge is 2.17. The number of rotatable bonds is 5. The molecule has 0 unspecified atom stereocenters. The standard InChI is InChI=1S/C17H14ClN3O3S2/c1-19-26(23,24)13-6-7-15(18)14(10-13)16(22)21-12-4-2-11(3-5-12)17-20-8-9-25-17/h2-10,19H,1H3,(H,21,22). The van der Waals surface area contributed by atoms with E-state index >= 15 is 0 Å². The van der Waals surface area contributed by atoms with Crippen molar-refractivity contribution in [1.82, 2.24) is 9.71 Å². The van der Waals surface area contributed by atoms with Gasteiger partial charge in [0.25, 0.3) is 5.91 Å². The second-order valence-corrected chi connectivity index (χ2v) is 8.41. The molecule has 134 valence electrons. The summed E-state index contributed by atoms with van der Waals surface area (Å²) in [6.07, 6.45) is 1.73. The summed E-state index contributed by atoms with van der Waals surface area (Å²) in [4.78, 5) is 16.7. The quantitative estimate of drug-likeness (QED) is 0.676. The minimum absolute atomic E-state index is 0.0336. The second kappa shape index (κ2) is 7.55. The zero-order valence-corrected chi connectivity index (χ0v) is 16.0. The number of sulfonamides is 1. The van der Waals surface area contributed by atoms with Crippen LogP contribution in [0.1, 0.15) is 10.4 Å². The largest absolute Gasteiger partial charge is 0.322 e. The predicted molar refractivity (Wildman–Crippen MR) is 103 cm³/mol. The highest BCUT2D eigenvalue weighted by atomic mass is 35.5. The van der Waals surface area contributed by atoms with E-state index in [0.29, 0.717) is 5.69 Å². The molecule has 0 aliphatic heterocycles. The van der Waals surface area contributed by atoms with E-state index in [2.05, 4.69) is 15.0 Å². The number of anilines is 1. The van der Waals surface area contributed by atoms with E-state index in [4.69, 9.17) is 11.6 Å². The Balaban J connectivity index is 1.83. The summed E-state index contributed by atoms with van der Waals surface area (Å²) in [5, 5.41) is 5.65. The monoisotopic (exact) mass is 407 g/mol. The van der Waals surface area contributed by atoms with E-state index in [1.807, 2.05) is 17.5 Å². The molecule has 0 atom stereocenters. The number of thiazole rings is 1. The van der Waals surface area contributed by atoms with E-state index in [-0.39, 0.29) is 15.5 Å². The molecule has 0 aliphatic rings. The number of hydrogen-bond acceptors (Lipinski definition) is 5. The number of nitrogens with zero attached hydrogens (tertiary/aromatic N) is 1. The number of amides is 1. The zero-order chi connectivity index (χ0) is 18.7. The number of hydrogen-bond donors (Lipinski definition) is 2. The van der Waals surface area contributed by atoms with Crippen LogP contribution in [0.15, 0.2) is 58.9 Å². The number of carbonyl (C=O) groups is 1. The Morgan fingerprint density at radius 1 is 1.15 bits per heavy atom. The van der Waals surface area contributed by atoms with Crippen LogP contribution in [0.25, 0.3) is 10.6 Å². The molecule has 0 spiro atoms. The van der Waals surface area contributed by atoms with Gasteiger partial charge in [0.1, 0.15) is 5.01 Å². The first-order valence-electron chi connectivity index (χ1n) is 7.45. The van der Waals surface area contributed by atoms with Gasteiger partial charge in [-0.05, 0) is 49.5 Å². The van der Waals surface area contributed by atoms with Crippen LogP contribution >= 0.6 is 22.9 Å². The van der Waals surface area contributed by atoms with Crippen molar-refractivity contribution in [3.05, 3.63) is 64.6 Å². The van der Waals surface area contributed by atoms with Crippen LogP contribution in [0.3, 0.4) is 0 Å². The average molecular weight is 408 g/mol. The lowest BCUT2D eigenvalue weighted by Gasteiger charge is -2.09. The van der Waals surface area contributed by atoms with Crippen LogP contribution in [-0.4, -0.2) is 26.4 Å². The molecule has 9 heteroatoms. The fourth-order valence-corrected chi connectivity index (χ4v) is 3.83. The number of nitrogens with one attached hydrogen (secondary N) is 2. The first-order valence-corrected chi connectivity index (χ1v) is 10.2. The van der Waals surface area contributed by atoms with E-state index in [1.165, 1.54) is 36.6 Å². The van der Waals surface area contributed by atoms with Crippen molar-refractivity contribution in [2.24, 2.45) is 0 Å². The highest BCUT2D eigenvalue weighted by molar-refractivity contribution is 7.89. The molecule has 0 aliphatic carbocycles. The van der Waals surface area contributed by atoms with Gasteiger partial charge in [-0.1, -0.05) is 11.6 Å². The molecular formula is C17H14ClN3O3S2. The van der Waals surface area contributed by atoms with E-state index in [0.717, 1.165) is 10.6 Å². The van der Waals surface area contributed by atoms with Gasteiger partial charge in [-0.25, -0.2) is 18.1 Å². The van der Waals surface area contributed by atoms with Gasteiger partial charge in [-0.2, -0.15) is 0 Å². The molecule has 0 saturated carbocycles. The molecular weight excluding hydrogens is 394 g/mol. The Morgan fingerprint density at radius 3 is 2.50 bits per heavy atom. The molecule has 1 amide bonds.